The van der Waals surface area contributed by atoms with Crippen molar-refractivity contribution in [2.24, 2.45) is 17.8 Å². The summed E-state index contributed by atoms with van der Waals surface area (Å²) in [6.45, 7) is 7.35. The van der Waals surface area contributed by atoms with Crippen molar-refractivity contribution in [1.29, 1.82) is 0 Å². The minimum atomic E-state index is -1.84. The van der Waals surface area contributed by atoms with Gasteiger partial charge in [-0.15, -0.1) is 0 Å². The maximum Gasteiger partial charge on any atom is 0.341 e. The number of allylic oxidation sites excluding steroid dienone is 1. The number of fused-ring (bicyclic) bond motifs is 3. The van der Waals surface area contributed by atoms with E-state index < -0.39 is 36.3 Å². The Kier molecular flexibility index (Phi) is 3.04. The standard InChI is InChI=1S/C15H20O5/c1-7-3-4-10-13(20-14(18)15(10,19)6-16)12-8(2)11(17)5-9(7)12/h9-13,16-17,19H,1-6H2/t9?,10?,11?,12?,13?,15-/m0/s1. The average molecular weight is 280 g/mol. The lowest BCUT2D eigenvalue weighted by Gasteiger charge is -2.28. The van der Waals surface area contributed by atoms with Crippen LogP contribution in [0.1, 0.15) is 19.3 Å². The van der Waals surface area contributed by atoms with Crippen molar-refractivity contribution < 1.29 is 24.9 Å². The van der Waals surface area contributed by atoms with Crippen LogP contribution in [0.15, 0.2) is 24.3 Å². The first-order chi connectivity index (χ1) is 9.40. The zero-order valence-corrected chi connectivity index (χ0v) is 11.3. The predicted molar refractivity (Wildman–Crippen MR) is 70.5 cm³/mol. The normalized spacial score (nSPS) is 47.8. The number of hydrogen-bond acceptors (Lipinski definition) is 5. The highest BCUT2D eigenvalue weighted by Crippen LogP contribution is 2.53. The first kappa shape index (κ1) is 13.8. The molecule has 0 bridgehead atoms. The molecule has 5 nitrogen and oxygen atoms in total. The second-order valence-electron chi connectivity index (χ2n) is 6.21. The fourth-order valence-electron chi connectivity index (χ4n) is 4.05. The molecule has 3 rings (SSSR count). The Hall–Kier alpha value is -1.17. The molecule has 3 aliphatic rings. The summed E-state index contributed by atoms with van der Waals surface area (Å²) in [6.07, 6.45) is 0.584. The summed E-state index contributed by atoms with van der Waals surface area (Å²) in [6, 6.07) is 0. The van der Waals surface area contributed by atoms with Crippen LogP contribution in [-0.2, 0) is 9.53 Å². The average Bonchev–Trinajstić information content (AvgIpc) is 2.79. The second-order valence-corrected chi connectivity index (χ2v) is 6.21. The maximum absolute atomic E-state index is 11.9. The molecule has 0 spiro atoms. The number of carbonyl (C=O) groups excluding carboxylic acids is 1. The number of carbonyl (C=O) groups is 1. The Bertz CT molecular complexity index is 485. The molecular formula is C15H20O5. The molecule has 0 aromatic heterocycles. The molecule has 1 saturated heterocycles. The van der Waals surface area contributed by atoms with Gasteiger partial charge in [0.2, 0.25) is 0 Å². The largest absolute Gasteiger partial charge is 0.459 e. The highest BCUT2D eigenvalue weighted by atomic mass is 16.6. The summed E-state index contributed by atoms with van der Waals surface area (Å²) in [4.78, 5) is 11.9. The number of aliphatic hydroxyl groups excluding tert-OH is 2. The van der Waals surface area contributed by atoms with Gasteiger partial charge < -0.3 is 20.1 Å². The third-order valence-corrected chi connectivity index (χ3v) is 5.27. The summed E-state index contributed by atoms with van der Waals surface area (Å²) >= 11 is 0. The van der Waals surface area contributed by atoms with Crippen LogP contribution in [0.25, 0.3) is 0 Å². The van der Waals surface area contributed by atoms with Crippen LogP contribution in [0.2, 0.25) is 0 Å². The Morgan fingerprint density at radius 2 is 2.10 bits per heavy atom. The Morgan fingerprint density at radius 3 is 2.75 bits per heavy atom. The van der Waals surface area contributed by atoms with Crippen LogP contribution < -0.4 is 0 Å². The van der Waals surface area contributed by atoms with Gasteiger partial charge in [-0.2, -0.15) is 0 Å². The number of ether oxygens (including phenoxy) is 1. The lowest BCUT2D eigenvalue weighted by atomic mass is 9.78. The minimum absolute atomic E-state index is 0.0290. The van der Waals surface area contributed by atoms with Crippen molar-refractivity contribution in [3.8, 4) is 0 Å². The Labute approximate surface area is 117 Å². The summed E-state index contributed by atoms with van der Waals surface area (Å²) in [5, 5.41) is 29.8. The van der Waals surface area contributed by atoms with Crippen LogP contribution >= 0.6 is 0 Å². The third kappa shape index (κ3) is 1.63. The van der Waals surface area contributed by atoms with Crippen LogP contribution in [0.3, 0.4) is 0 Å². The smallest absolute Gasteiger partial charge is 0.341 e. The van der Waals surface area contributed by atoms with Gasteiger partial charge in [0.1, 0.15) is 6.10 Å². The van der Waals surface area contributed by atoms with Crippen molar-refractivity contribution in [3.63, 3.8) is 0 Å². The maximum atomic E-state index is 11.9. The van der Waals surface area contributed by atoms with E-state index in [0.717, 1.165) is 5.57 Å². The van der Waals surface area contributed by atoms with Crippen LogP contribution in [0.5, 0.6) is 0 Å². The SMILES string of the molecule is C=C1CCC2C(OC(=O)[C@]2(O)CO)C2C(=C)C(O)CC12. The van der Waals surface area contributed by atoms with E-state index in [4.69, 9.17) is 4.74 Å². The highest BCUT2D eigenvalue weighted by molar-refractivity contribution is 5.82. The summed E-state index contributed by atoms with van der Waals surface area (Å²) in [5.41, 5.74) is -0.199. The molecule has 6 atom stereocenters. The molecule has 5 heteroatoms. The van der Waals surface area contributed by atoms with E-state index in [2.05, 4.69) is 13.2 Å². The molecule has 2 aliphatic carbocycles. The zero-order chi connectivity index (χ0) is 14.7. The number of rotatable bonds is 1. The Balaban J connectivity index is 2.02. The van der Waals surface area contributed by atoms with E-state index in [-0.39, 0.29) is 11.8 Å². The quantitative estimate of drug-likeness (QED) is 0.470. The highest BCUT2D eigenvalue weighted by Gasteiger charge is 2.61. The van der Waals surface area contributed by atoms with E-state index in [1.54, 1.807) is 0 Å². The van der Waals surface area contributed by atoms with Crippen molar-refractivity contribution in [1.82, 2.24) is 0 Å². The molecule has 0 aromatic carbocycles. The first-order valence-electron chi connectivity index (χ1n) is 6.99. The van der Waals surface area contributed by atoms with Crippen LogP contribution in [0, 0.1) is 17.8 Å². The molecule has 3 N–H and O–H groups in total. The molecule has 0 aromatic rings. The van der Waals surface area contributed by atoms with Crippen molar-refractivity contribution in [2.45, 2.75) is 37.1 Å². The monoisotopic (exact) mass is 280 g/mol. The van der Waals surface area contributed by atoms with Gasteiger partial charge in [-0.05, 0) is 30.8 Å². The van der Waals surface area contributed by atoms with Gasteiger partial charge in [-0.3, -0.25) is 0 Å². The lowest BCUT2D eigenvalue weighted by Crippen LogP contribution is -2.46. The molecule has 0 amide bonds. The van der Waals surface area contributed by atoms with Gasteiger partial charge >= 0.3 is 5.97 Å². The molecule has 1 aliphatic heterocycles. The van der Waals surface area contributed by atoms with Gasteiger partial charge in [0.15, 0.2) is 5.60 Å². The van der Waals surface area contributed by atoms with E-state index in [1.807, 2.05) is 0 Å². The molecule has 5 unspecified atom stereocenters. The third-order valence-electron chi connectivity index (χ3n) is 5.27. The van der Waals surface area contributed by atoms with Crippen molar-refractivity contribution in [3.05, 3.63) is 24.3 Å². The molecule has 1 heterocycles. The van der Waals surface area contributed by atoms with Gasteiger partial charge in [-0.25, -0.2) is 4.79 Å². The van der Waals surface area contributed by atoms with Crippen molar-refractivity contribution >= 4 is 5.97 Å². The Morgan fingerprint density at radius 1 is 1.40 bits per heavy atom. The molecule has 2 saturated carbocycles. The van der Waals surface area contributed by atoms with Gasteiger partial charge in [0.25, 0.3) is 0 Å². The number of esters is 1. The fraction of sp³-hybridized carbons (Fsp3) is 0.667. The second kappa shape index (κ2) is 4.41. The van der Waals surface area contributed by atoms with E-state index in [9.17, 15) is 20.1 Å². The minimum Gasteiger partial charge on any atom is -0.459 e. The van der Waals surface area contributed by atoms with E-state index in [1.165, 1.54) is 0 Å². The number of hydrogen-bond donors (Lipinski definition) is 3. The van der Waals surface area contributed by atoms with Crippen LogP contribution in [0.4, 0.5) is 0 Å². The van der Waals surface area contributed by atoms with Gasteiger partial charge in [-0.1, -0.05) is 18.7 Å². The van der Waals surface area contributed by atoms with Crippen molar-refractivity contribution in [2.75, 3.05) is 6.61 Å². The topological polar surface area (TPSA) is 87.0 Å². The van der Waals surface area contributed by atoms with E-state index >= 15 is 0 Å². The molecule has 3 fully saturated rings. The number of aliphatic hydroxyl groups is 3. The first-order valence-corrected chi connectivity index (χ1v) is 6.99. The summed E-state index contributed by atoms with van der Waals surface area (Å²) < 4.78 is 5.37. The van der Waals surface area contributed by atoms with Gasteiger partial charge in [0, 0.05) is 11.8 Å². The van der Waals surface area contributed by atoms with E-state index in [0.29, 0.717) is 24.8 Å². The fourth-order valence-corrected chi connectivity index (χ4v) is 4.05. The zero-order valence-electron chi connectivity index (χ0n) is 11.3. The molecular weight excluding hydrogens is 260 g/mol. The van der Waals surface area contributed by atoms with Gasteiger partial charge in [0.05, 0.1) is 12.7 Å². The lowest BCUT2D eigenvalue weighted by molar-refractivity contribution is -0.159. The summed E-state index contributed by atoms with van der Waals surface area (Å²) in [5.74, 6) is -1.43. The molecule has 110 valence electrons. The molecule has 20 heavy (non-hydrogen) atoms. The summed E-state index contributed by atoms with van der Waals surface area (Å²) in [7, 11) is 0. The molecule has 0 radical (unpaired) electrons. The predicted octanol–water partition coefficient (Wildman–Crippen LogP) is 0.155. The van der Waals surface area contributed by atoms with Crippen LogP contribution in [-0.4, -0.2) is 45.7 Å².